The van der Waals surface area contributed by atoms with Gasteiger partial charge < -0.3 is 40.0 Å². The van der Waals surface area contributed by atoms with Gasteiger partial charge in [0, 0.05) is 30.8 Å². The van der Waals surface area contributed by atoms with Crippen molar-refractivity contribution < 1.29 is 44.2 Å². The fraction of sp³-hybridized carbons (Fsp3) is 0.622. The van der Waals surface area contributed by atoms with Crippen LogP contribution in [0.3, 0.4) is 0 Å². The summed E-state index contributed by atoms with van der Waals surface area (Å²) < 4.78 is 17.0. The van der Waals surface area contributed by atoms with Gasteiger partial charge in [-0.05, 0) is 51.7 Å². The van der Waals surface area contributed by atoms with Crippen molar-refractivity contribution in [1.82, 2.24) is 5.32 Å². The normalized spacial score (nSPS) is 29.9. The molecule has 10 nitrogen and oxygen atoms in total. The summed E-state index contributed by atoms with van der Waals surface area (Å²) >= 11 is 0. The van der Waals surface area contributed by atoms with Crippen molar-refractivity contribution in [1.29, 1.82) is 0 Å². The molecular weight excluding hydrogens is 602 g/mol. The number of carbonyl (C=O) groups excluding carboxylic acids is 2. The van der Waals surface area contributed by atoms with E-state index in [9.17, 15) is 30.0 Å². The van der Waals surface area contributed by atoms with Crippen molar-refractivity contribution in [3.05, 3.63) is 71.6 Å². The van der Waals surface area contributed by atoms with E-state index in [1.807, 2.05) is 39.8 Å². The van der Waals surface area contributed by atoms with Crippen LogP contribution in [0.5, 0.6) is 0 Å². The molecule has 0 aromatic heterocycles. The van der Waals surface area contributed by atoms with Gasteiger partial charge in [-0.15, -0.1) is 0 Å². The number of rotatable bonds is 10. The van der Waals surface area contributed by atoms with Crippen molar-refractivity contribution in [2.45, 2.75) is 105 Å². The Morgan fingerprint density at radius 2 is 1.79 bits per heavy atom. The molecule has 10 heteroatoms. The van der Waals surface area contributed by atoms with Gasteiger partial charge in [0.1, 0.15) is 18.4 Å². The summed E-state index contributed by atoms with van der Waals surface area (Å²) in [5.74, 6) is -3.50. The van der Waals surface area contributed by atoms with Crippen LogP contribution >= 0.6 is 0 Å². The molecule has 0 saturated carbocycles. The van der Waals surface area contributed by atoms with Gasteiger partial charge in [0.15, 0.2) is 0 Å². The average Bonchev–Trinajstić information content (AvgIpc) is 3.02. The van der Waals surface area contributed by atoms with Gasteiger partial charge >= 0.3 is 5.97 Å². The lowest BCUT2D eigenvalue weighted by molar-refractivity contribution is -0.161. The molecule has 11 atom stereocenters. The second-order valence-electron chi connectivity index (χ2n) is 12.7. The summed E-state index contributed by atoms with van der Waals surface area (Å²) in [6.45, 7) is 14.6. The smallest absolute Gasteiger partial charge is 0.373 e. The van der Waals surface area contributed by atoms with E-state index in [0.717, 1.165) is 5.57 Å². The van der Waals surface area contributed by atoms with Crippen molar-refractivity contribution in [3.8, 4) is 0 Å². The van der Waals surface area contributed by atoms with E-state index in [1.54, 1.807) is 52.0 Å². The van der Waals surface area contributed by atoms with Crippen molar-refractivity contribution >= 4 is 11.9 Å². The van der Waals surface area contributed by atoms with Crippen LogP contribution in [0.1, 0.15) is 68.2 Å². The Bertz CT molecular complexity index is 1170. The van der Waals surface area contributed by atoms with Crippen LogP contribution in [0, 0.1) is 29.6 Å². The molecule has 1 amide bonds. The highest BCUT2D eigenvalue weighted by Crippen LogP contribution is 2.29. The van der Waals surface area contributed by atoms with Crippen LogP contribution in [0.25, 0.3) is 0 Å². The van der Waals surface area contributed by atoms with Crippen LogP contribution < -0.4 is 5.32 Å². The van der Waals surface area contributed by atoms with Crippen molar-refractivity contribution in [2.24, 2.45) is 29.6 Å². The number of allylic oxidation sites excluding steroid dienone is 6. The van der Waals surface area contributed by atoms with Gasteiger partial charge in [-0.2, -0.15) is 0 Å². The average molecular weight is 662 g/mol. The molecule has 0 saturated heterocycles. The number of aliphatic hydroxyl groups is 4. The highest BCUT2D eigenvalue weighted by molar-refractivity contribution is 5.88. The fourth-order valence-corrected chi connectivity index (χ4v) is 5.70. The lowest BCUT2D eigenvalue weighted by Crippen LogP contribution is -2.48. The second kappa shape index (κ2) is 21.1. The molecule has 0 bridgehead atoms. The van der Waals surface area contributed by atoms with E-state index in [2.05, 4.69) is 5.32 Å². The second-order valence-corrected chi connectivity index (χ2v) is 12.7. The first-order valence-electron chi connectivity index (χ1n) is 16.5. The lowest BCUT2D eigenvalue weighted by atomic mass is 9.79. The third kappa shape index (κ3) is 13.6. The number of hydrogen-bond acceptors (Lipinski definition) is 9. The molecular formula is C37H59NO9. The number of ether oxygens (including phenoxy) is 3. The minimum atomic E-state index is -1.44. The molecule has 0 aromatic rings. The van der Waals surface area contributed by atoms with E-state index in [4.69, 9.17) is 14.2 Å². The minimum absolute atomic E-state index is 0.107. The SMILES string of the molecule is CC=CC(O)C(C)C=CC(=O)NC(O)C(C)C1OC(=O)C(OC)=CC(C)=CC(C)C(O)C(CC)C(O)C(C)CC(C)=CC=CC1OC. The maximum atomic E-state index is 13.4. The quantitative estimate of drug-likeness (QED) is 0.0984. The minimum Gasteiger partial charge on any atom is -0.490 e. The van der Waals surface area contributed by atoms with Crippen molar-refractivity contribution in [2.75, 3.05) is 14.2 Å². The predicted octanol–water partition coefficient (Wildman–Crippen LogP) is 4.52. The number of amides is 1. The number of esters is 1. The zero-order valence-corrected chi connectivity index (χ0v) is 29.8. The van der Waals surface area contributed by atoms with Gasteiger partial charge in [0.05, 0.1) is 25.4 Å². The number of hydrogen-bond donors (Lipinski definition) is 5. The standard InChI is InChI=1S/C37H59NO9/c1-11-14-29(39)24(5)17-18-32(40)38-36(43)27(8)35-30(45-9)16-13-15-22(3)19-25(6)33(41)28(12-2)34(42)26(7)20-23(4)21-31(46-10)37(44)47-35/h11,13-18,20-21,24-30,33-36,39,41-43H,12,19H2,1-10H3,(H,38,40). The van der Waals surface area contributed by atoms with Crippen LogP contribution in [0.15, 0.2) is 71.6 Å². The molecule has 0 fully saturated rings. The van der Waals surface area contributed by atoms with E-state index < -0.39 is 54.5 Å². The molecule has 0 aromatic carbocycles. The molecule has 0 spiro atoms. The van der Waals surface area contributed by atoms with Crippen LogP contribution in [0.4, 0.5) is 0 Å². The number of nitrogens with one attached hydrogen (secondary N) is 1. The number of cyclic esters (lactones) is 1. The zero-order valence-electron chi connectivity index (χ0n) is 29.8. The number of methoxy groups -OCH3 is 2. The number of carbonyl (C=O) groups is 2. The summed E-state index contributed by atoms with van der Waals surface area (Å²) in [5.41, 5.74) is 1.62. The Hall–Kier alpha value is -3.02. The van der Waals surface area contributed by atoms with Gasteiger partial charge in [-0.1, -0.05) is 88.3 Å². The summed E-state index contributed by atoms with van der Waals surface area (Å²) in [4.78, 5) is 26.1. The fourth-order valence-electron chi connectivity index (χ4n) is 5.70. The van der Waals surface area contributed by atoms with E-state index >= 15 is 0 Å². The summed E-state index contributed by atoms with van der Waals surface area (Å²) in [6.07, 6.45) is 10.3. The molecule has 1 aliphatic rings. The molecule has 0 radical (unpaired) electrons. The van der Waals surface area contributed by atoms with Crippen molar-refractivity contribution in [3.63, 3.8) is 0 Å². The largest absolute Gasteiger partial charge is 0.490 e. The van der Waals surface area contributed by atoms with Crippen LogP contribution in [0.2, 0.25) is 0 Å². The Morgan fingerprint density at radius 1 is 1.13 bits per heavy atom. The molecule has 1 rings (SSSR count). The summed E-state index contributed by atoms with van der Waals surface area (Å²) in [5, 5.41) is 46.0. The molecule has 5 N–H and O–H groups in total. The Kier molecular flexibility index (Phi) is 18.8. The highest BCUT2D eigenvalue weighted by Gasteiger charge is 2.36. The van der Waals surface area contributed by atoms with Crippen LogP contribution in [-0.4, -0.2) is 83.3 Å². The van der Waals surface area contributed by atoms with E-state index in [0.29, 0.717) is 18.4 Å². The maximum Gasteiger partial charge on any atom is 0.373 e. The van der Waals surface area contributed by atoms with Crippen LogP contribution in [-0.2, 0) is 23.8 Å². The highest BCUT2D eigenvalue weighted by atomic mass is 16.6. The zero-order chi connectivity index (χ0) is 35.8. The van der Waals surface area contributed by atoms with Gasteiger partial charge in [0.2, 0.25) is 11.7 Å². The molecule has 47 heavy (non-hydrogen) atoms. The first-order chi connectivity index (χ1) is 22.1. The monoisotopic (exact) mass is 661 g/mol. The Balaban J connectivity index is 3.52. The molecule has 11 unspecified atom stereocenters. The van der Waals surface area contributed by atoms with E-state index in [1.165, 1.54) is 32.4 Å². The first-order valence-corrected chi connectivity index (χ1v) is 16.5. The topological polar surface area (TPSA) is 155 Å². The lowest BCUT2D eigenvalue weighted by Gasteiger charge is -2.33. The molecule has 1 aliphatic heterocycles. The molecule has 266 valence electrons. The molecule has 0 aliphatic carbocycles. The predicted molar refractivity (Wildman–Crippen MR) is 184 cm³/mol. The van der Waals surface area contributed by atoms with Gasteiger partial charge in [0.25, 0.3) is 0 Å². The number of aliphatic hydroxyl groups excluding tert-OH is 4. The summed E-state index contributed by atoms with van der Waals surface area (Å²) in [6, 6.07) is 0. The maximum absolute atomic E-state index is 13.4. The first kappa shape index (κ1) is 42.0. The van der Waals surface area contributed by atoms with Gasteiger partial charge in [-0.3, -0.25) is 4.79 Å². The van der Waals surface area contributed by atoms with E-state index in [-0.39, 0.29) is 29.4 Å². The summed E-state index contributed by atoms with van der Waals surface area (Å²) in [7, 11) is 2.79. The third-order valence-electron chi connectivity index (χ3n) is 8.73. The van der Waals surface area contributed by atoms with Gasteiger partial charge in [-0.25, -0.2) is 4.79 Å². The Labute approximate surface area is 281 Å². The Morgan fingerprint density at radius 3 is 2.36 bits per heavy atom. The third-order valence-corrected chi connectivity index (χ3v) is 8.73. The molecule has 1 heterocycles.